The molecule has 1 unspecified atom stereocenters. The first-order valence-corrected chi connectivity index (χ1v) is 12.8. The standard InChI is InChI=1S/C20H27FN4O7S2/c1-19(2,3)32-18(29)25-13-8-33-14-7-11(21)10(6-12(14)24-16(13)26)15(22)23-9-20(4,17(27)28)34(5,30)31/h6-7,13H,8-9H2,1-5H3,(H2,22,23)(H,24,26)(H,25,29)(H,27,28)/t13-,20?/m0/s1. The van der Waals surface area contributed by atoms with Crippen LogP contribution in [0.1, 0.15) is 33.3 Å². The van der Waals surface area contributed by atoms with Crippen molar-refractivity contribution in [2.45, 2.75) is 49.0 Å². The lowest BCUT2D eigenvalue weighted by atomic mass is 10.1. The van der Waals surface area contributed by atoms with E-state index in [-0.39, 0.29) is 17.0 Å². The van der Waals surface area contributed by atoms with Gasteiger partial charge in [0.15, 0.2) is 14.6 Å². The molecule has 1 heterocycles. The second kappa shape index (κ2) is 9.78. The molecule has 34 heavy (non-hydrogen) atoms. The molecular formula is C20H27FN4O7S2. The van der Waals surface area contributed by atoms with Gasteiger partial charge in [-0.3, -0.25) is 14.6 Å². The first-order valence-electron chi connectivity index (χ1n) is 9.94. The predicted octanol–water partition coefficient (Wildman–Crippen LogP) is 1.36. The maximum atomic E-state index is 14.8. The quantitative estimate of drug-likeness (QED) is 0.320. The minimum absolute atomic E-state index is 0.103. The van der Waals surface area contributed by atoms with E-state index < -0.39 is 62.4 Å². The largest absolute Gasteiger partial charge is 0.480 e. The second-order valence-corrected chi connectivity index (χ2v) is 12.3. The molecule has 0 radical (unpaired) electrons. The number of anilines is 1. The number of hydrogen-bond acceptors (Lipinski definition) is 8. The highest BCUT2D eigenvalue weighted by Crippen LogP contribution is 2.33. The molecule has 14 heteroatoms. The summed E-state index contributed by atoms with van der Waals surface area (Å²) >= 11 is 1.11. The molecule has 0 fully saturated rings. The first-order chi connectivity index (χ1) is 15.4. The van der Waals surface area contributed by atoms with Crippen molar-refractivity contribution in [2.24, 2.45) is 10.7 Å². The van der Waals surface area contributed by atoms with Gasteiger partial charge in [0.2, 0.25) is 5.91 Å². The number of benzene rings is 1. The van der Waals surface area contributed by atoms with Crippen molar-refractivity contribution < 1.29 is 37.0 Å². The van der Waals surface area contributed by atoms with Crippen LogP contribution < -0.4 is 16.4 Å². The van der Waals surface area contributed by atoms with Crippen molar-refractivity contribution in [3.63, 3.8) is 0 Å². The van der Waals surface area contributed by atoms with Gasteiger partial charge in [0.1, 0.15) is 23.3 Å². The van der Waals surface area contributed by atoms with Gasteiger partial charge in [0.05, 0.1) is 17.8 Å². The van der Waals surface area contributed by atoms with Crippen LogP contribution in [0.5, 0.6) is 0 Å². The third-order valence-electron chi connectivity index (χ3n) is 4.84. The number of carbonyl (C=O) groups excluding carboxylic acids is 2. The minimum atomic E-state index is -4.07. The summed E-state index contributed by atoms with van der Waals surface area (Å²) in [5, 5.41) is 14.4. The Morgan fingerprint density at radius 2 is 1.97 bits per heavy atom. The van der Waals surface area contributed by atoms with E-state index >= 15 is 0 Å². The zero-order chi connectivity index (χ0) is 26.1. The van der Waals surface area contributed by atoms with Gasteiger partial charge in [-0.25, -0.2) is 17.6 Å². The van der Waals surface area contributed by atoms with Crippen molar-refractivity contribution in [3.05, 3.63) is 23.5 Å². The van der Waals surface area contributed by atoms with E-state index in [0.29, 0.717) is 4.90 Å². The second-order valence-electron chi connectivity index (χ2n) is 8.84. The number of aliphatic imine (C=N–C) groups is 1. The van der Waals surface area contributed by atoms with E-state index in [4.69, 9.17) is 10.5 Å². The number of nitrogens with one attached hydrogen (secondary N) is 2. The van der Waals surface area contributed by atoms with Crippen LogP contribution in [0.2, 0.25) is 0 Å². The van der Waals surface area contributed by atoms with Crippen LogP contribution >= 0.6 is 11.8 Å². The third-order valence-corrected chi connectivity index (χ3v) is 7.93. The van der Waals surface area contributed by atoms with Crippen molar-refractivity contribution >= 4 is 51.1 Å². The van der Waals surface area contributed by atoms with Gasteiger partial charge >= 0.3 is 12.1 Å². The van der Waals surface area contributed by atoms with Crippen molar-refractivity contribution in [1.82, 2.24) is 5.32 Å². The first kappa shape index (κ1) is 27.4. The Morgan fingerprint density at radius 3 is 2.50 bits per heavy atom. The maximum Gasteiger partial charge on any atom is 0.408 e. The van der Waals surface area contributed by atoms with Crippen molar-refractivity contribution in [2.75, 3.05) is 23.9 Å². The van der Waals surface area contributed by atoms with Crippen LogP contribution in [-0.4, -0.2) is 72.3 Å². The summed E-state index contributed by atoms with van der Waals surface area (Å²) < 4.78 is 41.5. The van der Waals surface area contributed by atoms with Crippen LogP contribution in [0.3, 0.4) is 0 Å². The fraction of sp³-hybridized carbons (Fsp3) is 0.500. The van der Waals surface area contributed by atoms with Gasteiger partial charge in [-0.15, -0.1) is 11.8 Å². The predicted molar refractivity (Wildman–Crippen MR) is 125 cm³/mol. The molecule has 2 rings (SSSR count). The lowest BCUT2D eigenvalue weighted by Crippen LogP contribution is -2.46. The zero-order valence-electron chi connectivity index (χ0n) is 19.3. The highest BCUT2D eigenvalue weighted by Gasteiger charge is 2.44. The number of nitrogens with two attached hydrogens (primary N) is 1. The Morgan fingerprint density at radius 1 is 1.35 bits per heavy atom. The summed E-state index contributed by atoms with van der Waals surface area (Å²) in [6.45, 7) is 5.26. The van der Waals surface area contributed by atoms with Crippen LogP contribution in [0.25, 0.3) is 0 Å². The molecule has 2 amide bonds. The molecule has 0 aromatic heterocycles. The van der Waals surface area contributed by atoms with Crippen molar-refractivity contribution in [3.8, 4) is 0 Å². The maximum absolute atomic E-state index is 14.8. The number of rotatable bonds is 6. The molecule has 2 atom stereocenters. The molecule has 1 aromatic rings. The van der Waals surface area contributed by atoms with Crippen LogP contribution in [0.4, 0.5) is 14.9 Å². The minimum Gasteiger partial charge on any atom is -0.480 e. The number of carboxylic acid groups (broad SMARTS) is 1. The number of alkyl carbamates (subject to hydrolysis) is 1. The summed E-state index contributed by atoms with van der Waals surface area (Å²) in [4.78, 5) is 40.3. The number of aliphatic carboxylic acids is 1. The summed E-state index contributed by atoms with van der Waals surface area (Å²) in [6.07, 6.45) is -0.0283. The molecule has 11 nitrogen and oxygen atoms in total. The number of carboxylic acids is 1. The smallest absolute Gasteiger partial charge is 0.408 e. The molecular weight excluding hydrogens is 491 g/mol. The van der Waals surface area contributed by atoms with Gasteiger partial charge < -0.3 is 26.2 Å². The monoisotopic (exact) mass is 518 g/mol. The number of halogens is 1. The van der Waals surface area contributed by atoms with Crippen LogP contribution in [-0.2, 0) is 24.2 Å². The van der Waals surface area contributed by atoms with Crippen molar-refractivity contribution in [1.29, 1.82) is 0 Å². The normalized spacial score (nSPS) is 18.7. The zero-order valence-corrected chi connectivity index (χ0v) is 20.9. The number of amidine groups is 1. The van der Waals surface area contributed by atoms with Gasteiger partial charge in [-0.1, -0.05) is 0 Å². The molecule has 188 valence electrons. The summed E-state index contributed by atoms with van der Waals surface area (Å²) in [5.74, 6) is -3.34. The lowest BCUT2D eigenvalue weighted by molar-refractivity contribution is -0.139. The number of sulfone groups is 1. The molecule has 0 saturated heterocycles. The van der Waals surface area contributed by atoms with E-state index in [0.717, 1.165) is 31.0 Å². The van der Waals surface area contributed by atoms with Gasteiger partial charge in [0, 0.05) is 16.9 Å². The number of ether oxygens (including phenoxy) is 1. The number of carbonyl (C=O) groups is 3. The van der Waals surface area contributed by atoms with E-state index in [1.165, 1.54) is 6.07 Å². The van der Waals surface area contributed by atoms with E-state index in [9.17, 15) is 32.3 Å². The fourth-order valence-electron chi connectivity index (χ4n) is 2.66. The van der Waals surface area contributed by atoms with E-state index in [2.05, 4.69) is 15.6 Å². The Balaban J connectivity index is 2.28. The summed E-state index contributed by atoms with van der Waals surface area (Å²) in [6, 6.07) is 1.36. The number of nitrogens with zero attached hydrogens (tertiary/aromatic N) is 1. The highest BCUT2D eigenvalue weighted by molar-refractivity contribution is 7.99. The Hall–Kier alpha value is -2.87. The number of fused-ring (bicyclic) bond motifs is 1. The Bertz CT molecular complexity index is 1150. The van der Waals surface area contributed by atoms with Gasteiger partial charge in [0.25, 0.3) is 0 Å². The molecule has 0 bridgehead atoms. The molecule has 1 aromatic carbocycles. The number of thioether (sulfide) groups is 1. The average molecular weight is 519 g/mol. The molecule has 0 saturated carbocycles. The number of hydrogen-bond donors (Lipinski definition) is 4. The van der Waals surface area contributed by atoms with Gasteiger partial charge in [-0.05, 0) is 39.8 Å². The summed E-state index contributed by atoms with van der Waals surface area (Å²) in [5.41, 5.74) is 5.02. The van der Waals surface area contributed by atoms with E-state index in [1.807, 2.05) is 0 Å². The third kappa shape index (κ3) is 6.38. The Kier molecular flexibility index (Phi) is 7.87. The SMILES string of the molecule is CC(C)(C)OC(=O)N[C@H]1CSc2cc(F)c(C(N)=NCC(C)(C(=O)O)S(C)(=O)=O)cc2NC1=O. The molecule has 1 aliphatic heterocycles. The van der Waals surface area contributed by atoms with E-state index in [1.54, 1.807) is 20.8 Å². The molecule has 0 spiro atoms. The molecule has 0 aliphatic carbocycles. The molecule has 1 aliphatic rings. The van der Waals surface area contributed by atoms with Crippen LogP contribution in [0, 0.1) is 5.82 Å². The van der Waals surface area contributed by atoms with Crippen LogP contribution in [0.15, 0.2) is 22.0 Å². The number of amides is 2. The highest BCUT2D eigenvalue weighted by atomic mass is 32.2. The average Bonchev–Trinajstić information content (AvgIpc) is 2.81. The van der Waals surface area contributed by atoms with Gasteiger partial charge in [-0.2, -0.15) is 0 Å². The topological polar surface area (TPSA) is 177 Å². The molecule has 5 N–H and O–H groups in total. The fourth-order valence-corrected chi connectivity index (χ4v) is 4.31. The summed E-state index contributed by atoms with van der Waals surface area (Å²) in [7, 11) is -4.07. The lowest BCUT2D eigenvalue weighted by Gasteiger charge is -2.22. The Labute approximate surface area is 200 Å².